The van der Waals surface area contributed by atoms with Gasteiger partial charge >= 0.3 is 18.1 Å². The van der Waals surface area contributed by atoms with E-state index >= 15 is 0 Å². The van der Waals surface area contributed by atoms with Crippen LogP contribution in [-0.2, 0) is 25.2 Å². The molecule has 2 aromatic carbocycles. The molecule has 0 aromatic heterocycles. The normalized spacial score (nSPS) is 12.0. The van der Waals surface area contributed by atoms with Crippen LogP contribution in [0.5, 0.6) is 17.2 Å². The van der Waals surface area contributed by atoms with E-state index in [1.165, 1.54) is 43.3 Å². The Morgan fingerprint density at radius 3 is 1.93 bits per heavy atom. The van der Waals surface area contributed by atoms with Crippen molar-refractivity contribution in [2.45, 2.75) is 26.1 Å². The van der Waals surface area contributed by atoms with Crippen LogP contribution >= 0.6 is 0 Å². The Labute approximate surface area is 165 Å². The van der Waals surface area contributed by atoms with Crippen LogP contribution in [0.4, 0.5) is 13.2 Å². The average Bonchev–Trinajstić information content (AvgIpc) is 2.67. The Hall–Kier alpha value is -3.23. The average molecular weight is 412 g/mol. The molecule has 1 unspecified atom stereocenters. The lowest BCUT2D eigenvalue weighted by Gasteiger charge is -2.14. The fourth-order valence-corrected chi connectivity index (χ4v) is 2.14. The minimum atomic E-state index is -4.41. The Balaban J connectivity index is 1.88. The van der Waals surface area contributed by atoms with Crippen LogP contribution in [0.2, 0.25) is 0 Å². The minimum absolute atomic E-state index is 0.184. The SMILES string of the molecule is CCOC(=O)COC(=O)C(C)Oc1ccc(Oc2ccc(C(F)(F)F)cc2)cc1. The van der Waals surface area contributed by atoms with E-state index in [9.17, 15) is 22.8 Å². The van der Waals surface area contributed by atoms with Crippen LogP contribution in [0, 0.1) is 0 Å². The van der Waals surface area contributed by atoms with Gasteiger partial charge in [-0.15, -0.1) is 0 Å². The molecule has 0 aliphatic rings. The first kappa shape index (κ1) is 22.1. The largest absolute Gasteiger partial charge is 0.479 e. The van der Waals surface area contributed by atoms with Crippen molar-refractivity contribution < 1.29 is 41.7 Å². The molecule has 6 nitrogen and oxygen atoms in total. The molecule has 9 heteroatoms. The first-order valence-electron chi connectivity index (χ1n) is 8.63. The van der Waals surface area contributed by atoms with Gasteiger partial charge in [0.2, 0.25) is 0 Å². The highest BCUT2D eigenvalue weighted by Crippen LogP contribution is 2.31. The molecule has 0 N–H and O–H groups in total. The summed E-state index contributed by atoms with van der Waals surface area (Å²) in [7, 11) is 0. The molecule has 0 aliphatic heterocycles. The van der Waals surface area contributed by atoms with Crippen molar-refractivity contribution in [3.63, 3.8) is 0 Å². The van der Waals surface area contributed by atoms with Crippen molar-refractivity contribution in [2.24, 2.45) is 0 Å². The zero-order valence-corrected chi connectivity index (χ0v) is 15.7. The molecule has 0 bridgehead atoms. The van der Waals surface area contributed by atoms with Gasteiger partial charge in [-0.05, 0) is 62.4 Å². The second-order valence-corrected chi connectivity index (χ2v) is 5.77. The van der Waals surface area contributed by atoms with E-state index < -0.39 is 36.4 Å². The Bertz CT molecular complexity index is 816. The third-order valence-electron chi connectivity index (χ3n) is 3.52. The van der Waals surface area contributed by atoms with Crippen LogP contribution in [0.25, 0.3) is 0 Å². The highest BCUT2D eigenvalue weighted by atomic mass is 19.4. The molecular formula is C20H19F3O6. The van der Waals surface area contributed by atoms with Crippen molar-refractivity contribution in [2.75, 3.05) is 13.2 Å². The number of esters is 2. The van der Waals surface area contributed by atoms with E-state index in [4.69, 9.17) is 14.2 Å². The number of alkyl halides is 3. The van der Waals surface area contributed by atoms with Gasteiger partial charge in [-0.2, -0.15) is 13.2 Å². The van der Waals surface area contributed by atoms with Crippen LogP contribution in [0.15, 0.2) is 48.5 Å². The van der Waals surface area contributed by atoms with Gasteiger partial charge in [0.15, 0.2) is 12.7 Å². The number of rotatable bonds is 8. The summed E-state index contributed by atoms with van der Waals surface area (Å²) in [5.41, 5.74) is -0.766. The molecule has 0 spiro atoms. The highest BCUT2D eigenvalue weighted by Gasteiger charge is 2.30. The molecule has 0 heterocycles. The van der Waals surface area contributed by atoms with E-state index in [2.05, 4.69) is 4.74 Å². The van der Waals surface area contributed by atoms with Crippen molar-refractivity contribution in [1.82, 2.24) is 0 Å². The zero-order valence-electron chi connectivity index (χ0n) is 15.7. The monoisotopic (exact) mass is 412 g/mol. The number of carbonyl (C=O) groups excluding carboxylic acids is 2. The molecule has 0 radical (unpaired) electrons. The number of hydrogen-bond acceptors (Lipinski definition) is 6. The number of benzene rings is 2. The van der Waals surface area contributed by atoms with Crippen molar-refractivity contribution in [3.05, 3.63) is 54.1 Å². The van der Waals surface area contributed by atoms with Crippen molar-refractivity contribution in [1.29, 1.82) is 0 Å². The van der Waals surface area contributed by atoms with E-state index in [0.717, 1.165) is 12.1 Å². The van der Waals surface area contributed by atoms with Gasteiger partial charge in [0.05, 0.1) is 12.2 Å². The smallest absolute Gasteiger partial charge is 0.416 e. The Kier molecular flexibility index (Phi) is 7.46. The van der Waals surface area contributed by atoms with Crippen LogP contribution < -0.4 is 9.47 Å². The Morgan fingerprint density at radius 2 is 1.41 bits per heavy atom. The predicted octanol–water partition coefficient (Wildman–Crippen LogP) is 4.37. The second kappa shape index (κ2) is 9.81. The maximum absolute atomic E-state index is 12.6. The van der Waals surface area contributed by atoms with E-state index in [1.807, 2.05) is 0 Å². The molecule has 1 atom stereocenters. The fourth-order valence-electron chi connectivity index (χ4n) is 2.14. The summed E-state index contributed by atoms with van der Waals surface area (Å²) in [6, 6.07) is 10.4. The number of ether oxygens (including phenoxy) is 4. The summed E-state index contributed by atoms with van der Waals surface area (Å²) in [6.45, 7) is 2.78. The van der Waals surface area contributed by atoms with Crippen LogP contribution in [-0.4, -0.2) is 31.3 Å². The number of hydrogen-bond donors (Lipinski definition) is 0. The summed E-state index contributed by atoms with van der Waals surface area (Å²) < 4.78 is 58.0. The third-order valence-corrected chi connectivity index (χ3v) is 3.52. The summed E-state index contributed by atoms with van der Waals surface area (Å²) in [5.74, 6) is -0.441. The molecule has 2 rings (SSSR count). The van der Waals surface area contributed by atoms with E-state index in [-0.39, 0.29) is 12.4 Å². The van der Waals surface area contributed by atoms with E-state index in [0.29, 0.717) is 11.5 Å². The summed E-state index contributed by atoms with van der Waals surface area (Å²) in [6.07, 6.45) is -5.38. The molecule has 0 saturated heterocycles. The first-order valence-corrected chi connectivity index (χ1v) is 8.63. The van der Waals surface area contributed by atoms with Gasteiger partial charge < -0.3 is 18.9 Å². The topological polar surface area (TPSA) is 71.1 Å². The molecule has 0 saturated carbocycles. The summed E-state index contributed by atoms with van der Waals surface area (Å²) in [5, 5.41) is 0. The van der Waals surface area contributed by atoms with Gasteiger partial charge in [0, 0.05) is 0 Å². The number of halogens is 3. The van der Waals surface area contributed by atoms with Gasteiger partial charge in [-0.3, -0.25) is 0 Å². The van der Waals surface area contributed by atoms with Crippen molar-refractivity contribution >= 4 is 11.9 Å². The lowest BCUT2D eigenvalue weighted by Crippen LogP contribution is -2.28. The molecular weight excluding hydrogens is 393 g/mol. The third kappa shape index (κ3) is 7.02. The molecule has 0 amide bonds. The van der Waals surface area contributed by atoms with Gasteiger partial charge in [-0.25, -0.2) is 9.59 Å². The van der Waals surface area contributed by atoms with Gasteiger partial charge in [0.1, 0.15) is 17.2 Å². The van der Waals surface area contributed by atoms with Gasteiger partial charge in [0.25, 0.3) is 0 Å². The highest BCUT2D eigenvalue weighted by molar-refractivity contribution is 5.79. The zero-order chi connectivity index (χ0) is 21.4. The second-order valence-electron chi connectivity index (χ2n) is 5.77. The maximum Gasteiger partial charge on any atom is 0.416 e. The predicted molar refractivity (Wildman–Crippen MR) is 95.6 cm³/mol. The van der Waals surface area contributed by atoms with Gasteiger partial charge in [-0.1, -0.05) is 0 Å². The number of carbonyl (C=O) groups is 2. The molecule has 0 aliphatic carbocycles. The minimum Gasteiger partial charge on any atom is -0.479 e. The molecule has 156 valence electrons. The molecule has 2 aromatic rings. The summed E-state index contributed by atoms with van der Waals surface area (Å²) >= 11 is 0. The van der Waals surface area contributed by atoms with Crippen molar-refractivity contribution in [3.8, 4) is 17.2 Å². The molecule has 0 fully saturated rings. The Morgan fingerprint density at radius 1 is 0.897 bits per heavy atom. The van der Waals surface area contributed by atoms with Crippen LogP contribution in [0.3, 0.4) is 0 Å². The maximum atomic E-state index is 12.6. The first-order chi connectivity index (χ1) is 13.7. The fraction of sp³-hybridized carbons (Fsp3) is 0.300. The lowest BCUT2D eigenvalue weighted by atomic mass is 10.2. The van der Waals surface area contributed by atoms with E-state index in [1.54, 1.807) is 6.92 Å². The standard InChI is InChI=1S/C20H19F3O6/c1-3-26-18(24)12-27-19(25)13(2)28-15-8-10-17(11-9-15)29-16-6-4-14(5-7-16)20(21,22)23/h4-11,13H,3,12H2,1-2H3. The quantitative estimate of drug-likeness (QED) is 0.600. The lowest BCUT2D eigenvalue weighted by molar-refractivity contribution is -0.162. The molecule has 29 heavy (non-hydrogen) atoms. The van der Waals surface area contributed by atoms with Crippen LogP contribution in [0.1, 0.15) is 19.4 Å². The summed E-state index contributed by atoms with van der Waals surface area (Å²) in [4.78, 5) is 23.0.